The molecule has 0 aliphatic heterocycles. The molecule has 1 fully saturated rings. The highest BCUT2D eigenvalue weighted by molar-refractivity contribution is 7.99. The summed E-state index contributed by atoms with van der Waals surface area (Å²) in [5, 5.41) is 2.82. The van der Waals surface area contributed by atoms with E-state index in [-0.39, 0.29) is 17.9 Å². The molecule has 2 unspecified atom stereocenters. The highest BCUT2D eigenvalue weighted by Gasteiger charge is 2.25. The molecule has 1 aromatic rings. The van der Waals surface area contributed by atoms with Crippen LogP contribution in [-0.4, -0.2) is 17.7 Å². The first-order valence-corrected chi connectivity index (χ1v) is 7.54. The predicted octanol–water partition coefficient (Wildman–Crippen LogP) is 3.46. The van der Waals surface area contributed by atoms with Crippen LogP contribution in [0.5, 0.6) is 0 Å². The fourth-order valence-electron chi connectivity index (χ4n) is 2.43. The molecule has 6 heteroatoms. The Morgan fingerprint density at radius 3 is 2.60 bits per heavy atom. The fourth-order valence-corrected chi connectivity index (χ4v) is 2.93. The summed E-state index contributed by atoms with van der Waals surface area (Å²) in [6, 6.07) is 6.55. The van der Waals surface area contributed by atoms with Gasteiger partial charge < -0.3 is 11.1 Å². The summed E-state index contributed by atoms with van der Waals surface area (Å²) in [5.74, 6) is -2.51. The summed E-state index contributed by atoms with van der Waals surface area (Å²) in [6.07, 6.45) is 3.52. The van der Waals surface area contributed by atoms with Crippen LogP contribution in [0.25, 0.3) is 0 Å². The molecular weight excluding hydrogens is 282 g/mol. The molecule has 1 aromatic carbocycles. The Bertz CT molecular complexity index is 453. The van der Waals surface area contributed by atoms with E-state index in [4.69, 9.17) is 5.73 Å². The average Bonchev–Trinajstić information content (AvgIpc) is 2.40. The van der Waals surface area contributed by atoms with E-state index in [0.29, 0.717) is 28.8 Å². The lowest BCUT2D eigenvalue weighted by Gasteiger charge is -2.25. The minimum Gasteiger partial charge on any atom is -0.328 e. The molecule has 20 heavy (non-hydrogen) atoms. The highest BCUT2D eigenvalue weighted by Crippen LogP contribution is 2.27. The van der Waals surface area contributed by atoms with E-state index in [9.17, 15) is 13.6 Å². The molecule has 1 aliphatic rings. The van der Waals surface area contributed by atoms with Gasteiger partial charge in [-0.3, -0.25) is 4.79 Å². The molecule has 3 nitrogen and oxygen atoms in total. The van der Waals surface area contributed by atoms with Gasteiger partial charge in [0, 0.05) is 22.5 Å². The molecule has 3 N–H and O–H groups in total. The Morgan fingerprint density at radius 1 is 1.30 bits per heavy atom. The molecule has 2 rings (SSSR count). The molecule has 1 saturated carbocycles. The molecule has 1 aliphatic carbocycles. The van der Waals surface area contributed by atoms with Gasteiger partial charge in [0.15, 0.2) is 0 Å². The summed E-state index contributed by atoms with van der Waals surface area (Å²) >= 11 is 0.492. The van der Waals surface area contributed by atoms with Crippen LogP contribution in [0.1, 0.15) is 25.7 Å². The van der Waals surface area contributed by atoms with E-state index in [1.165, 1.54) is 0 Å². The van der Waals surface area contributed by atoms with Gasteiger partial charge in [-0.05, 0) is 43.5 Å². The van der Waals surface area contributed by atoms with E-state index < -0.39 is 5.76 Å². The summed E-state index contributed by atoms with van der Waals surface area (Å²) < 4.78 is 24.4. The molecule has 2 atom stereocenters. The zero-order valence-electron chi connectivity index (χ0n) is 11.0. The Morgan fingerprint density at radius 2 is 2.00 bits per heavy atom. The van der Waals surface area contributed by atoms with E-state index >= 15 is 0 Å². The minimum absolute atomic E-state index is 0.0330. The predicted molar refractivity (Wildman–Crippen MR) is 76.9 cm³/mol. The van der Waals surface area contributed by atoms with Gasteiger partial charge in [-0.2, -0.15) is 8.78 Å². The molecule has 1 amide bonds. The van der Waals surface area contributed by atoms with Gasteiger partial charge in [-0.25, -0.2) is 0 Å². The van der Waals surface area contributed by atoms with Crippen molar-refractivity contribution in [2.24, 2.45) is 11.7 Å². The highest BCUT2D eigenvalue weighted by atomic mass is 32.2. The third-order valence-corrected chi connectivity index (χ3v) is 4.16. The number of amides is 1. The zero-order chi connectivity index (χ0) is 14.5. The van der Waals surface area contributed by atoms with Crippen molar-refractivity contribution in [2.75, 3.05) is 5.32 Å². The zero-order valence-corrected chi connectivity index (χ0v) is 11.8. The van der Waals surface area contributed by atoms with E-state index in [1.807, 2.05) is 0 Å². The van der Waals surface area contributed by atoms with Gasteiger partial charge >= 0.3 is 0 Å². The molecule has 0 bridgehead atoms. The largest absolute Gasteiger partial charge is 0.328 e. The Hall–Kier alpha value is -1.14. The second-order valence-electron chi connectivity index (χ2n) is 5.02. The SMILES string of the molecule is NC1CCCC(C(=O)Nc2ccc(SC(F)F)cc2)C1. The summed E-state index contributed by atoms with van der Waals surface area (Å²) in [6.45, 7) is 0. The monoisotopic (exact) mass is 300 g/mol. The Labute approximate surface area is 121 Å². The summed E-state index contributed by atoms with van der Waals surface area (Å²) in [4.78, 5) is 12.6. The first-order valence-electron chi connectivity index (χ1n) is 6.66. The van der Waals surface area contributed by atoms with Crippen LogP contribution >= 0.6 is 11.8 Å². The van der Waals surface area contributed by atoms with Crippen LogP contribution in [0, 0.1) is 5.92 Å². The van der Waals surface area contributed by atoms with Crippen LogP contribution in [0.3, 0.4) is 0 Å². The maximum absolute atomic E-state index is 12.2. The number of rotatable bonds is 4. The molecule has 0 heterocycles. The van der Waals surface area contributed by atoms with Crippen LogP contribution in [0.4, 0.5) is 14.5 Å². The minimum atomic E-state index is -2.43. The first-order chi connectivity index (χ1) is 9.54. The summed E-state index contributed by atoms with van der Waals surface area (Å²) in [5.41, 5.74) is 6.50. The second kappa shape index (κ2) is 7.04. The number of carbonyl (C=O) groups is 1. The number of nitrogens with one attached hydrogen (secondary N) is 1. The second-order valence-corrected chi connectivity index (χ2v) is 6.08. The molecule has 110 valence electrons. The van der Waals surface area contributed by atoms with Crippen molar-refractivity contribution in [3.63, 3.8) is 0 Å². The molecule has 0 spiro atoms. The van der Waals surface area contributed by atoms with Crippen molar-refractivity contribution >= 4 is 23.4 Å². The van der Waals surface area contributed by atoms with Gasteiger partial charge in [-0.1, -0.05) is 18.2 Å². The topological polar surface area (TPSA) is 55.1 Å². The lowest BCUT2D eigenvalue weighted by molar-refractivity contribution is -0.120. The third kappa shape index (κ3) is 4.45. The van der Waals surface area contributed by atoms with Gasteiger partial charge in [-0.15, -0.1) is 0 Å². The van der Waals surface area contributed by atoms with Gasteiger partial charge in [0.2, 0.25) is 5.91 Å². The lowest BCUT2D eigenvalue weighted by atomic mass is 9.85. The Kier molecular flexibility index (Phi) is 5.37. The van der Waals surface area contributed by atoms with Crippen molar-refractivity contribution in [2.45, 2.75) is 42.4 Å². The normalized spacial score (nSPS) is 22.8. The van der Waals surface area contributed by atoms with Crippen molar-refractivity contribution in [3.05, 3.63) is 24.3 Å². The van der Waals surface area contributed by atoms with Crippen LogP contribution < -0.4 is 11.1 Å². The number of benzene rings is 1. The number of hydrogen-bond acceptors (Lipinski definition) is 3. The van der Waals surface area contributed by atoms with Crippen LogP contribution in [0.15, 0.2) is 29.2 Å². The van der Waals surface area contributed by atoms with E-state index in [1.54, 1.807) is 24.3 Å². The number of nitrogens with two attached hydrogens (primary N) is 1. The van der Waals surface area contributed by atoms with Gasteiger partial charge in [0.05, 0.1) is 0 Å². The number of hydrogen-bond donors (Lipinski definition) is 2. The summed E-state index contributed by atoms with van der Waals surface area (Å²) in [7, 11) is 0. The number of thioether (sulfide) groups is 1. The van der Waals surface area contributed by atoms with Crippen molar-refractivity contribution < 1.29 is 13.6 Å². The molecule has 0 aromatic heterocycles. The smallest absolute Gasteiger partial charge is 0.288 e. The van der Waals surface area contributed by atoms with Gasteiger partial charge in [0.25, 0.3) is 5.76 Å². The van der Waals surface area contributed by atoms with Crippen molar-refractivity contribution in [1.29, 1.82) is 0 Å². The first kappa shape index (κ1) is 15.3. The fraction of sp³-hybridized carbons (Fsp3) is 0.500. The van der Waals surface area contributed by atoms with Crippen molar-refractivity contribution in [1.82, 2.24) is 0 Å². The third-order valence-electron chi connectivity index (χ3n) is 3.43. The van der Waals surface area contributed by atoms with Crippen LogP contribution in [-0.2, 0) is 4.79 Å². The van der Waals surface area contributed by atoms with Crippen molar-refractivity contribution in [3.8, 4) is 0 Å². The van der Waals surface area contributed by atoms with E-state index in [2.05, 4.69) is 5.32 Å². The molecule has 0 saturated heterocycles. The standard InChI is InChI=1S/C14H18F2N2OS/c15-14(16)20-12-6-4-11(5-7-12)18-13(19)9-2-1-3-10(17)8-9/h4-7,9-10,14H,1-3,8,17H2,(H,18,19). The maximum atomic E-state index is 12.2. The number of carbonyl (C=O) groups excluding carboxylic acids is 1. The lowest BCUT2D eigenvalue weighted by Crippen LogP contribution is -2.34. The van der Waals surface area contributed by atoms with Gasteiger partial charge in [0.1, 0.15) is 0 Å². The van der Waals surface area contributed by atoms with E-state index in [0.717, 1.165) is 19.3 Å². The Balaban J connectivity index is 1.90. The maximum Gasteiger partial charge on any atom is 0.288 e. The average molecular weight is 300 g/mol. The molecule has 0 radical (unpaired) electrons. The molecular formula is C14H18F2N2OS. The number of anilines is 1. The van der Waals surface area contributed by atoms with Crippen LogP contribution in [0.2, 0.25) is 0 Å². The quantitative estimate of drug-likeness (QED) is 0.837. The number of alkyl halides is 2. The number of halogens is 2.